The number of primary amides is 1. The van der Waals surface area contributed by atoms with E-state index < -0.39 is 5.91 Å². The summed E-state index contributed by atoms with van der Waals surface area (Å²) in [6.07, 6.45) is 0.831. The molecule has 0 aliphatic carbocycles. The number of aliphatic imine (C=N–C) groups is 1. The summed E-state index contributed by atoms with van der Waals surface area (Å²) in [6.45, 7) is 3.77. The Morgan fingerprint density at radius 3 is 2.72 bits per heavy atom. The number of guanidine groups is 1. The summed E-state index contributed by atoms with van der Waals surface area (Å²) in [5.74, 6) is 0.809. The third kappa shape index (κ3) is 7.35. The molecule has 1 aromatic heterocycles. The van der Waals surface area contributed by atoms with Crippen molar-refractivity contribution in [2.24, 2.45) is 10.7 Å². The first-order valence-electron chi connectivity index (χ1n) is 7.73. The van der Waals surface area contributed by atoms with E-state index in [2.05, 4.69) is 15.6 Å². The highest BCUT2D eigenvalue weighted by atomic mass is 127. The summed E-state index contributed by atoms with van der Waals surface area (Å²) in [5.41, 5.74) is 6.32. The first-order chi connectivity index (χ1) is 11.6. The van der Waals surface area contributed by atoms with Crippen molar-refractivity contribution in [1.29, 1.82) is 0 Å². The smallest absolute Gasteiger partial charge is 0.284 e. The average Bonchev–Trinajstić information content (AvgIpc) is 3.02. The van der Waals surface area contributed by atoms with E-state index in [1.165, 1.54) is 0 Å². The summed E-state index contributed by atoms with van der Waals surface area (Å²) in [5, 5.41) is 7.14. The minimum atomic E-state index is -0.586. The molecule has 1 aromatic carbocycles. The van der Waals surface area contributed by atoms with Crippen LogP contribution in [-0.4, -0.2) is 25.0 Å². The normalized spacial score (nSPS) is 10.9. The third-order valence-corrected chi connectivity index (χ3v) is 3.47. The molecule has 2 rings (SSSR count). The number of nitrogens with zero attached hydrogens (tertiary/aromatic N) is 1. The van der Waals surface area contributed by atoms with E-state index in [0.29, 0.717) is 18.3 Å². The molecular weight excluding hydrogens is 455 g/mol. The zero-order valence-corrected chi connectivity index (χ0v) is 17.0. The minimum Gasteiger partial charge on any atom is -0.454 e. The fraction of sp³-hybridized carbons (Fsp3) is 0.294. The highest BCUT2D eigenvalue weighted by molar-refractivity contribution is 14.0. The van der Waals surface area contributed by atoms with Gasteiger partial charge in [0, 0.05) is 18.1 Å². The van der Waals surface area contributed by atoms with Crippen LogP contribution in [0.25, 0.3) is 0 Å². The molecule has 25 heavy (non-hydrogen) atoms. The molecule has 0 aliphatic rings. The van der Waals surface area contributed by atoms with Crippen LogP contribution in [-0.2, 0) is 13.0 Å². The van der Waals surface area contributed by atoms with Gasteiger partial charge in [0.05, 0.1) is 0 Å². The maximum absolute atomic E-state index is 11.0. The van der Waals surface area contributed by atoms with Gasteiger partial charge in [0.15, 0.2) is 11.7 Å². The molecule has 0 atom stereocenters. The number of nitrogens with one attached hydrogen (secondary N) is 2. The Labute approximate surface area is 169 Å². The number of halogens is 2. The average molecular weight is 477 g/mol. The van der Waals surface area contributed by atoms with E-state index in [9.17, 15) is 4.79 Å². The lowest BCUT2D eigenvalue weighted by Gasteiger charge is -2.11. The summed E-state index contributed by atoms with van der Waals surface area (Å²) in [6, 6.07) is 11.0. The fourth-order valence-corrected chi connectivity index (χ4v) is 2.32. The van der Waals surface area contributed by atoms with Gasteiger partial charge in [-0.15, -0.1) is 24.0 Å². The molecule has 0 unspecified atom stereocenters. The number of rotatable bonds is 7. The standard InChI is InChI=1S/C17H21ClN4O2.HI/c1-2-20-17(21-9-8-12-4-3-5-13(18)10-12)22-11-14-6-7-15(24-14)16(19)23;/h3-7,10H,2,8-9,11H2,1H3,(H2,19,23)(H2,20,21,22);1H. The Hall–Kier alpha value is -1.74. The molecule has 0 spiro atoms. The molecule has 8 heteroatoms. The van der Waals surface area contributed by atoms with Gasteiger partial charge < -0.3 is 20.8 Å². The van der Waals surface area contributed by atoms with Crippen LogP contribution in [0.4, 0.5) is 0 Å². The van der Waals surface area contributed by atoms with E-state index in [-0.39, 0.29) is 29.7 Å². The van der Waals surface area contributed by atoms with Crippen molar-refractivity contribution < 1.29 is 9.21 Å². The van der Waals surface area contributed by atoms with E-state index in [4.69, 9.17) is 21.8 Å². The first-order valence-corrected chi connectivity index (χ1v) is 8.11. The van der Waals surface area contributed by atoms with Crippen molar-refractivity contribution >= 4 is 47.4 Å². The van der Waals surface area contributed by atoms with E-state index in [1.807, 2.05) is 31.2 Å². The molecule has 0 radical (unpaired) electrons. The summed E-state index contributed by atoms with van der Waals surface area (Å²) >= 11 is 5.98. The molecule has 0 aliphatic heterocycles. The molecule has 0 fully saturated rings. The lowest BCUT2D eigenvalue weighted by Crippen LogP contribution is -2.38. The number of amides is 1. The van der Waals surface area contributed by atoms with Crippen molar-refractivity contribution in [3.05, 3.63) is 58.5 Å². The zero-order chi connectivity index (χ0) is 17.4. The first kappa shape index (κ1) is 21.3. The van der Waals surface area contributed by atoms with Crippen molar-refractivity contribution in [3.8, 4) is 0 Å². The predicted molar refractivity (Wildman–Crippen MR) is 111 cm³/mol. The maximum atomic E-state index is 11.0. The third-order valence-electron chi connectivity index (χ3n) is 3.24. The number of benzene rings is 1. The van der Waals surface area contributed by atoms with Crippen LogP contribution in [0, 0.1) is 0 Å². The molecule has 2 aromatic rings. The Bertz CT molecular complexity index is 718. The molecular formula is C17H22ClIN4O2. The van der Waals surface area contributed by atoms with Gasteiger partial charge in [0.2, 0.25) is 0 Å². The van der Waals surface area contributed by atoms with Crippen LogP contribution >= 0.6 is 35.6 Å². The summed E-state index contributed by atoms with van der Waals surface area (Å²) in [4.78, 5) is 15.4. The monoisotopic (exact) mass is 476 g/mol. The van der Waals surface area contributed by atoms with Gasteiger partial charge >= 0.3 is 0 Å². The van der Waals surface area contributed by atoms with Gasteiger partial charge in [-0.3, -0.25) is 4.79 Å². The molecule has 1 amide bonds. The molecule has 6 nitrogen and oxygen atoms in total. The molecule has 1 heterocycles. The second-order valence-electron chi connectivity index (χ2n) is 5.13. The van der Waals surface area contributed by atoms with Crippen LogP contribution in [0.5, 0.6) is 0 Å². The van der Waals surface area contributed by atoms with Crippen molar-refractivity contribution in [3.63, 3.8) is 0 Å². The highest BCUT2D eigenvalue weighted by Gasteiger charge is 2.07. The molecule has 4 N–H and O–H groups in total. The largest absolute Gasteiger partial charge is 0.454 e. The van der Waals surface area contributed by atoms with E-state index >= 15 is 0 Å². The predicted octanol–water partition coefficient (Wildman–Crippen LogP) is 2.95. The Morgan fingerprint density at radius 1 is 1.28 bits per heavy atom. The van der Waals surface area contributed by atoms with Crippen molar-refractivity contribution in [2.45, 2.75) is 19.9 Å². The van der Waals surface area contributed by atoms with Crippen LogP contribution in [0.1, 0.15) is 28.8 Å². The number of carbonyl (C=O) groups excluding carboxylic acids is 1. The van der Waals surface area contributed by atoms with Crippen LogP contribution in [0.2, 0.25) is 5.02 Å². The second-order valence-corrected chi connectivity index (χ2v) is 5.57. The Balaban J connectivity index is 0.00000312. The Morgan fingerprint density at radius 2 is 2.08 bits per heavy atom. The number of hydrogen-bond donors (Lipinski definition) is 3. The van der Waals surface area contributed by atoms with Gasteiger partial charge in [-0.25, -0.2) is 4.99 Å². The van der Waals surface area contributed by atoms with Crippen molar-refractivity contribution in [2.75, 3.05) is 13.1 Å². The number of nitrogens with two attached hydrogens (primary N) is 1. The van der Waals surface area contributed by atoms with Crippen LogP contribution < -0.4 is 16.4 Å². The van der Waals surface area contributed by atoms with Gasteiger partial charge in [-0.1, -0.05) is 23.7 Å². The lowest BCUT2D eigenvalue weighted by molar-refractivity contribution is 0.0972. The zero-order valence-electron chi connectivity index (χ0n) is 13.9. The molecule has 0 saturated carbocycles. The SMILES string of the molecule is CCNC(=NCc1ccc(C(N)=O)o1)NCCc1cccc(Cl)c1.I. The van der Waals surface area contributed by atoms with Gasteiger partial charge in [0.1, 0.15) is 12.3 Å². The molecule has 0 bridgehead atoms. The Kier molecular flexibility index (Phi) is 9.36. The summed E-state index contributed by atoms with van der Waals surface area (Å²) < 4.78 is 5.31. The number of furan rings is 1. The molecule has 136 valence electrons. The molecule has 0 saturated heterocycles. The van der Waals surface area contributed by atoms with Gasteiger partial charge in [0.25, 0.3) is 5.91 Å². The minimum absolute atomic E-state index is 0. The van der Waals surface area contributed by atoms with Gasteiger partial charge in [-0.05, 0) is 43.2 Å². The van der Waals surface area contributed by atoms with Crippen molar-refractivity contribution in [1.82, 2.24) is 10.6 Å². The maximum Gasteiger partial charge on any atom is 0.284 e. The number of carbonyl (C=O) groups is 1. The highest BCUT2D eigenvalue weighted by Crippen LogP contribution is 2.11. The quantitative estimate of drug-likeness (QED) is 0.325. The number of hydrogen-bond acceptors (Lipinski definition) is 3. The van der Waals surface area contributed by atoms with Gasteiger partial charge in [-0.2, -0.15) is 0 Å². The fourth-order valence-electron chi connectivity index (χ4n) is 2.11. The summed E-state index contributed by atoms with van der Waals surface area (Å²) in [7, 11) is 0. The second kappa shape index (κ2) is 11.0. The van der Waals surface area contributed by atoms with Crippen LogP contribution in [0.15, 0.2) is 45.8 Å². The van der Waals surface area contributed by atoms with E-state index in [0.717, 1.165) is 30.1 Å². The topological polar surface area (TPSA) is 92.6 Å². The lowest BCUT2D eigenvalue weighted by atomic mass is 10.1. The van der Waals surface area contributed by atoms with E-state index in [1.54, 1.807) is 12.1 Å². The van der Waals surface area contributed by atoms with Crippen LogP contribution in [0.3, 0.4) is 0 Å².